The van der Waals surface area contributed by atoms with Gasteiger partial charge < -0.3 is 75.3 Å². The van der Waals surface area contributed by atoms with Crippen LogP contribution in [0.5, 0.6) is 0 Å². The maximum absolute atomic E-state index is 14.3. The third-order valence-corrected chi connectivity index (χ3v) is 10.5. The summed E-state index contributed by atoms with van der Waals surface area (Å²) in [6, 6.07) is -2.86. The lowest BCUT2D eigenvalue weighted by molar-refractivity contribution is -0.145. The SMILES string of the molecule is CC[C@H](C)[C@H](NC(=O)[C@H](CC(N)=O)NC(=O)[C@H](CC(N)=O)NC(=O)[C@@H](N)CCCN=C(N)N)C(=O)N1CCC[C@H]1C(=O)N[C@@H](Cc1c[nH]c2ccccc12)C(=O)N[C@@H](CO)C(=O)O. The highest BCUT2D eigenvalue weighted by Crippen LogP contribution is 2.23. The number of aliphatic hydroxyl groups excluding tert-OH is 1. The highest BCUT2D eigenvalue weighted by Gasteiger charge is 2.41. The Kier molecular flexibility index (Phi) is 19.2. The Morgan fingerprint density at radius 1 is 0.841 bits per heavy atom. The van der Waals surface area contributed by atoms with Crippen molar-refractivity contribution in [1.29, 1.82) is 0 Å². The number of benzene rings is 1. The minimum atomic E-state index is -1.72. The molecule has 0 aliphatic carbocycles. The molecule has 1 aliphatic rings. The molecule has 63 heavy (non-hydrogen) atoms. The minimum absolute atomic E-state index is 0.0665. The number of hydrogen-bond acceptors (Lipinski definition) is 12. The lowest BCUT2D eigenvalue weighted by atomic mass is 9.96. The van der Waals surface area contributed by atoms with E-state index in [0.29, 0.717) is 24.8 Å². The summed E-state index contributed by atoms with van der Waals surface area (Å²) in [7, 11) is 0. The van der Waals surface area contributed by atoms with Gasteiger partial charge in [0, 0.05) is 36.6 Å². The molecule has 1 fully saturated rings. The summed E-state index contributed by atoms with van der Waals surface area (Å²) in [6.45, 7) is 2.70. The molecule has 24 heteroatoms. The largest absolute Gasteiger partial charge is 0.480 e. The van der Waals surface area contributed by atoms with Crippen molar-refractivity contribution in [1.82, 2.24) is 36.5 Å². The molecular formula is C39H59N13O11. The van der Waals surface area contributed by atoms with Gasteiger partial charge in [0.05, 0.1) is 25.5 Å². The van der Waals surface area contributed by atoms with E-state index in [-0.39, 0.29) is 38.3 Å². The molecule has 1 aromatic carbocycles. The molecule has 2 aromatic rings. The number of aromatic nitrogens is 1. The van der Waals surface area contributed by atoms with Gasteiger partial charge in [-0.2, -0.15) is 0 Å². The number of rotatable bonds is 25. The molecule has 1 aliphatic heterocycles. The number of primary amides is 2. The molecule has 1 saturated heterocycles. The van der Waals surface area contributed by atoms with Crippen LogP contribution in [0, 0.1) is 5.92 Å². The van der Waals surface area contributed by atoms with E-state index in [2.05, 4.69) is 36.6 Å². The zero-order valence-electron chi connectivity index (χ0n) is 35.1. The Bertz CT molecular complexity index is 2020. The zero-order chi connectivity index (χ0) is 47.0. The standard InChI is InChI=1S/C39H59N13O11/c1-3-19(2)31(51-35(59)26(16-30(42)55)48-34(58)25(15-29(41)54)47-32(56)22(40)9-6-12-45-39(43)44)37(61)52-13-7-11-28(52)36(60)49-24(33(57)50-27(18-53)38(62)63)14-20-17-46-23-10-5-4-8-21(20)23/h4-5,8,10,17,19,22,24-28,31,46,53H,3,6-7,9,11-16,18,40H2,1-2H3,(H2,41,54)(H2,42,55)(H,47,56)(H,48,58)(H,49,60)(H,50,57)(H,51,59)(H,62,63)(H4,43,44,45)/t19-,22-,24-,25-,26-,27-,28-,31-/m0/s1. The van der Waals surface area contributed by atoms with E-state index in [1.807, 2.05) is 0 Å². The molecule has 8 atom stereocenters. The van der Waals surface area contributed by atoms with Crippen LogP contribution in [0.4, 0.5) is 0 Å². The number of carboxylic acids is 1. The molecule has 346 valence electrons. The molecule has 8 amide bonds. The van der Waals surface area contributed by atoms with Crippen LogP contribution < -0.4 is 55.3 Å². The number of aliphatic carboxylic acids is 1. The Hall–Kier alpha value is -6.82. The number of amides is 8. The number of likely N-dealkylation sites (tertiary alicyclic amines) is 1. The monoisotopic (exact) mass is 885 g/mol. The van der Waals surface area contributed by atoms with Crippen molar-refractivity contribution in [2.24, 2.45) is 39.6 Å². The molecule has 0 saturated carbocycles. The first-order chi connectivity index (χ1) is 29.8. The molecule has 1 aromatic heterocycles. The highest BCUT2D eigenvalue weighted by molar-refractivity contribution is 5.99. The molecule has 0 radical (unpaired) electrons. The van der Waals surface area contributed by atoms with Crippen molar-refractivity contribution >= 4 is 70.1 Å². The first kappa shape index (κ1) is 50.5. The van der Waals surface area contributed by atoms with Gasteiger partial charge in [0.25, 0.3) is 0 Å². The molecule has 24 nitrogen and oxygen atoms in total. The number of nitrogens with zero attached hydrogens (tertiary/aromatic N) is 2. The van der Waals surface area contributed by atoms with E-state index in [0.717, 1.165) is 10.9 Å². The number of fused-ring (bicyclic) bond motifs is 1. The lowest BCUT2D eigenvalue weighted by Gasteiger charge is -2.33. The highest BCUT2D eigenvalue weighted by atomic mass is 16.4. The summed E-state index contributed by atoms with van der Waals surface area (Å²) in [5.74, 6) is -9.61. The van der Waals surface area contributed by atoms with Crippen LogP contribution in [0.15, 0.2) is 35.5 Å². The van der Waals surface area contributed by atoms with Gasteiger partial charge in [0.2, 0.25) is 47.3 Å². The van der Waals surface area contributed by atoms with Crippen molar-refractivity contribution in [3.8, 4) is 0 Å². The van der Waals surface area contributed by atoms with E-state index >= 15 is 0 Å². The van der Waals surface area contributed by atoms with Gasteiger partial charge in [-0.15, -0.1) is 0 Å². The van der Waals surface area contributed by atoms with Crippen LogP contribution in [0.25, 0.3) is 10.9 Å². The number of hydrogen-bond donors (Lipinski definition) is 13. The second-order valence-corrected chi connectivity index (χ2v) is 15.3. The number of para-hydroxylation sites is 1. The number of aliphatic imine (C=N–C) groups is 1. The van der Waals surface area contributed by atoms with E-state index in [4.69, 9.17) is 28.7 Å². The van der Waals surface area contributed by atoms with Crippen molar-refractivity contribution in [3.05, 3.63) is 36.0 Å². The van der Waals surface area contributed by atoms with E-state index in [1.165, 1.54) is 4.90 Å². The van der Waals surface area contributed by atoms with Crippen LogP contribution in [0.1, 0.15) is 64.4 Å². The zero-order valence-corrected chi connectivity index (χ0v) is 35.1. The quantitative estimate of drug-likeness (QED) is 0.0254. The molecule has 3 rings (SSSR count). The number of guanidine groups is 1. The number of carbonyl (C=O) groups excluding carboxylic acids is 8. The Labute approximate surface area is 362 Å². The smallest absolute Gasteiger partial charge is 0.328 e. The molecule has 2 heterocycles. The van der Waals surface area contributed by atoms with E-state index in [1.54, 1.807) is 44.3 Å². The van der Waals surface area contributed by atoms with Crippen molar-refractivity contribution < 1.29 is 53.4 Å². The molecule has 0 unspecified atom stereocenters. The molecule has 0 bridgehead atoms. The Morgan fingerprint density at radius 2 is 1.43 bits per heavy atom. The van der Waals surface area contributed by atoms with Gasteiger partial charge in [-0.05, 0) is 43.2 Å². The predicted octanol–water partition coefficient (Wildman–Crippen LogP) is -4.62. The summed E-state index contributed by atoms with van der Waals surface area (Å²) in [5, 5.41) is 31.9. The van der Waals surface area contributed by atoms with Gasteiger partial charge in [0.1, 0.15) is 36.3 Å². The van der Waals surface area contributed by atoms with Crippen LogP contribution in [0.3, 0.4) is 0 Å². The van der Waals surface area contributed by atoms with Gasteiger partial charge in [-0.1, -0.05) is 38.5 Å². The van der Waals surface area contributed by atoms with Gasteiger partial charge >= 0.3 is 5.97 Å². The maximum atomic E-state index is 14.3. The van der Waals surface area contributed by atoms with Crippen LogP contribution in [-0.2, 0) is 49.6 Å². The fraction of sp³-hybridized carbons (Fsp3) is 0.538. The number of H-pyrrole nitrogens is 1. The van der Waals surface area contributed by atoms with Gasteiger partial charge in [0.15, 0.2) is 5.96 Å². The molecule has 0 spiro atoms. The average molecular weight is 886 g/mol. The topological polar surface area (TPSA) is 416 Å². The molecular weight excluding hydrogens is 827 g/mol. The lowest BCUT2D eigenvalue weighted by Crippen LogP contribution is -2.61. The first-order valence-electron chi connectivity index (χ1n) is 20.4. The van der Waals surface area contributed by atoms with Crippen LogP contribution >= 0.6 is 0 Å². The number of carbonyl (C=O) groups is 9. The van der Waals surface area contributed by atoms with Crippen LogP contribution in [0.2, 0.25) is 0 Å². The predicted molar refractivity (Wildman–Crippen MR) is 226 cm³/mol. The van der Waals surface area contributed by atoms with Crippen molar-refractivity contribution in [3.63, 3.8) is 0 Å². The summed E-state index contributed by atoms with van der Waals surface area (Å²) in [6.07, 6.45) is 1.26. The second-order valence-electron chi connectivity index (χ2n) is 15.3. The third-order valence-electron chi connectivity index (χ3n) is 10.5. The maximum Gasteiger partial charge on any atom is 0.328 e. The average Bonchev–Trinajstić information content (AvgIpc) is 3.89. The third kappa shape index (κ3) is 14.9. The number of aromatic amines is 1. The number of nitrogens with one attached hydrogen (secondary N) is 6. The number of carboxylic acid groups (broad SMARTS) is 1. The number of nitrogens with two attached hydrogens (primary N) is 5. The summed E-state index contributed by atoms with van der Waals surface area (Å²) >= 11 is 0. The Morgan fingerprint density at radius 3 is 2.02 bits per heavy atom. The normalized spacial score (nSPS) is 16.8. The summed E-state index contributed by atoms with van der Waals surface area (Å²) < 4.78 is 0. The second kappa shape index (κ2) is 24.0. The summed E-state index contributed by atoms with van der Waals surface area (Å²) in [4.78, 5) is 126. The summed E-state index contributed by atoms with van der Waals surface area (Å²) in [5.41, 5.74) is 28.6. The number of aliphatic hydroxyl groups is 1. The van der Waals surface area contributed by atoms with Crippen molar-refractivity contribution in [2.75, 3.05) is 19.7 Å². The van der Waals surface area contributed by atoms with Crippen LogP contribution in [-0.4, -0.2) is 141 Å². The fourth-order valence-corrected chi connectivity index (χ4v) is 6.90. The first-order valence-corrected chi connectivity index (χ1v) is 20.4. The van der Waals surface area contributed by atoms with Gasteiger partial charge in [-0.3, -0.25) is 43.3 Å². The Balaban J connectivity index is 1.82. The fourth-order valence-electron chi connectivity index (χ4n) is 6.90. The van der Waals surface area contributed by atoms with Gasteiger partial charge in [-0.25, -0.2) is 4.79 Å². The van der Waals surface area contributed by atoms with E-state index < -0.39 is 121 Å². The minimum Gasteiger partial charge on any atom is -0.480 e. The van der Waals surface area contributed by atoms with E-state index in [9.17, 15) is 53.4 Å². The molecule has 18 N–H and O–H groups in total. The van der Waals surface area contributed by atoms with Crippen molar-refractivity contribution in [2.45, 2.75) is 108 Å².